The number of benzene rings is 3. The molecule has 1 saturated heterocycles. The first kappa shape index (κ1) is 19.3. The molecule has 2 aliphatic heterocycles. The zero-order valence-corrected chi connectivity index (χ0v) is 18.2. The van der Waals surface area contributed by atoms with Crippen LogP contribution in [0.2, 0.25) is 0 Å². The normalized spacial score (nSPS) is 26.9. The summed E-state index contributed by atoms with van der Waals surface area (Å²) < 4.78 is 6.29. The molecule has 2 N–H and O–H groups in total. The molecule has 2 aliphatic rings. The summed E-state index contributed by atoms with van der Waals surface area (Å²) in [6.07, 6.45) is 0. The van der Waals surface area contributed by atoms with Crippen LogP contribution in [0.1, 0.15) is 28.7 Å². The third-order valence-corrected chi connectivity index (χ3v) is 7.10. The number of carbonyl (C=O) groups is 1. The van der Waals surface area contributed by atoms with E-state index in [0.717, 1.165) is 27.8 Å². The number of ether oxygens (including phenoxy) is 1. The maximum Gasteiger partial charge on any atom is 0.323 e. The Morgan fingerprint density at radius 3 is 2.40 bits per heavy atom. The summed E-state index contributed by atoms with van der Waals surface area (Å²) >= 11 is 3.54. The molecule has 0 saturated carbocycles. The van der Waals surface area contributed by atoms with Gasteiger partial charge in [0.2, 0.25) is 0 Å². The lowest BCUT2D eigenvalue weighted by Gasteiger charge is -2.37. The first-order valence-corrected chi connectivity index (χ1v) is 10.9. The topological polar surface area (TPSA) is 50.4 Å². The smallest absolute Gasteiger partial charge is 0.323 e. The van der Waals surface area contributed by atoms with Crippen LogP contribution in [0.5, 0.6) is 0 Å². The Morgan fingerprint density at radius 1 is 0.967 bits per heavy atom. The van der Waals surface area contributed by atoms with Gasteiger partial charge in [-0.05, 0) is 34.9 Å². The largest absolute Gasteiger partial charge is 0.468 e. The number of esters is 1. The van der Waals surface area contributed by atoms with Crippen molar-refractivity contribution in [3.8, 4) is 0 Å². The Bertz CT molecular complexity index is 1070. The van der Waals surface area contributed by atoms with E-state index in [0.29, 0.717) is 0 Å². The summed E-state index contributed by atoms with van der Waals surface area (Å²) in [6, 6.07) is 26.7. The van der Waals surface area contributed by atoms with Gasteiger partial charge in [-0.2, -0.15) is 0 Å². The summed E-state index contributed by atoms with van der Waals surface area (Å²) in [5.41, 5.74) is 4.34. The number of hydrogen-bond acceptors (Lipinski definition) is 4. The van der Waals surface area contributed by atoms with Crippen molar-refractivity contribution in [2.24, 2.45) is 0 Å². The van der Waals surface area contributed by atoms with Gasteiger partial charge >= 0.3 is 5.97 Å². The van der Waals surface area contributed by atoms with Crippen LogP contribution < -0.4 is 10.6 Å². The monoisotopic (exact) mass is 462 g/mol. The number of hydrogen-bond donors (Lipinski definition) is 2. The molecule has 0 amide bonds. The molecule has 5 rings (SSSR count). The molecule has 1 spiro atoms. The number of methoxy groups -OCH3 is 1. The van der Waals surface area contributed by atoms with Crippen molar-refractivity contribution in [1.82, 2.24) is 5.32 Å². The minimum Gasteiger partial charge on any atom is -0.468 e. The quantitative estimate of drug-likeness (QED) is 0.549. The molecule has 30 heavy (non-hydrogen) atoms. The zero-order valence-electron chi connectivity index (χ0n) is 16.6. The Labute approximate surface area is 184 Å². The lowest BCUT2D eigenvalue weighted by atomic mass is 9.64. The van der Waals surface area contributed by atoms with Gasteiger partial charge in [-0.25, -0.2) is 0 Å². The molecular weight excluding hydrogens is 440 g/mol. The average molecular weight is 463 g/mol. The summed E-state index contributed by atoms with van der Waals surface area (Å²) in [6.45, 7) is 0.743. The van der Waals surface area contributed by atoms with E-state index in [1.54, 1.807) is 0 Å². The van der Waals surface area contributed by atoms with Gasteiger partial charge in [0.25, 0.3) is 0 Å². The van der Waals surface area contributed by atoms with Gasteiger partial charge in [-0.15, -0.1) is 0 Å². The maximum absolute atomic E-state index is 13.0. The number of fused-ring (bicyclic) bond motifs is 2. The molecule has 4 atom stereocenters. The highest BCUT2D eigenvalue weighted by Crippen LogP contribution is 2.58. The number of halogens is 1. The first-order valence-electron chi connectivity index (χ1n) is 10.1. The number of rotatable bonds is 3. The second kappa shape index (κ2) is 7.56. The van der Waals surface area contributed by atoms with Crippen LogP contribution in [0.25, 0.3) is 0 Å². The van der Waals surface area contributed by atoms with Gasteiger partial charge in [0, 0.05) is 34.1 Å². The van der Waals surface area contributed by atoms with Crippen molar-refractivity contribution >= 4 is 27.6 Å². The van der Waals surface area contributed by atoms with E-state index in [1.807, 2.05) is 18.2 Å². The lowest BCUT2D eigenvalue weighted by Crippen LogP contribution is -2.40. The molecule has 0 radical (unpaired) electrons. The van der Waals surface area contributed by atoms with E-state index >= 15 is 0 Å². The van der Waals surface area contributed by atoms with Crippen molar-refractivity contribution in [3.63, 3.8) is 0 Å². The van der Waals surface area contributed by atoms with Gasteiger partial charge < -0.3 is 10.1 Å². The molecule has 0 bridgehead atoms. The molecule has 152 valence electrons. The van der Waals surface area contributed by atoms with Crippen molar-refractivity contribution in [3.05, 3.63) is 100 Å². The molecule has 3 aromatic carbocycles. The predicted molar refractivity (Wildman–Crippen MR) is 122 cm³/mol. The Balaban J connectivity index is 1.76. The average Bonchev–Trinajstić information content (AvgIpc) is 3.34. The van der Waals surface area contributed by atoms with Crippen LogP contribution in [-0.2, 0) is 14.9 Å². The lowest BCUT2D eigenvalue weighted by molar-refractivity contribution is -0.143. The SMILES string of the molecule is COC(=O)[C@H]1N[C@@H](c2ccc(Br)cc2)[C@@]2(CNc3ccccc32)[C@@H]1c1ccccc1. The summed E-state index contributed by atoms with van der Waals surface area (Å²) in [5.74, 6) is -0.303. The van der Waals surface area contributed by atoms with E-state index < -0.39 is 6.04 Å². The van der Waals surface area contributed by atoms with Gasteiger partial charge in [-0.3, -0.25) is 10.1 Å². The van der Waals surface area contributed by atoms with Gasteiger partial charge in [0.1, 0.15) is 6.04 Å². The fourth-order valence-corrected chi connectivity index (χ4v) is 5.61. The number of para-hydroxylation sites is 1. The highest BCUT2D eigenvalue weighted by Gasteiger charge is 2.61. The van der Waals surface area contributed by atoms with Crippen molar-refractivity contribution < 1.29 is 9.53 Å². The number of carbonyl (C=O) groups excluding carboxylic acids is 1. The van der Waals surface area contributed by atoms with E-state index in [-0.39, 0.29) is 23.3 Å². The predicted octanol–water partition coefficient (Wildman–Crippen LogP) is 4.78. The molecule has 5 heteroatoms. The molecular formula is C25H23BrN2O2. The molecule has 4 nitrogen and oxygen atoms in total. The van der Waals surface area contributed by atoms with E-state index in [1.165, 1.54) is 12.7 Å². The minimum absolute atomic E-state index is 0.0453. The van der Waals surface area contributed by atoms with Crippen LogP contribution >= 0.6 is 15.9 Å². The standard InChI is InChI=1S/C25H23BrN2O2/c1-30-24(29)22-21(16-7-3-2-4-8-16)25(15-27-20-10-6-5-9-19(20)25)23(28-22)17-11-13-18(26)14-12-17/h2-14,21-23,27-28H,15H2,1H3/t21-,22+,23+,25-/m1/s1. The van der Waals surface area contributed by atoms with Crippen LogP contribution in [0, 0.1) is 0 Å². The Hall–Kier alpha value is -2.63. The van der Waals surface area contributed by atoms with Gasteiger partial charge in [0.15, 0.2) is 0 Å². The minimum atomic E-state index is -0.445. The van der Waals surface area contributed by atoms with E-state index in [9.17, 15) is 4.79 Å². The number of nitrogens with one attached hydrogen (secondary N) is 2. The zero-order chi connectivity index (χ0) is 20.7. The van der Waals surface area contributed by atoms with E-state index in [4.69, 9.17) is 4.74 Å². The second-order valence-corrected chi connectivity index (χ2v) is 8.90. The van der Waals surface area contributed by atoms with Gasteiger partial charge in [0.05, 0.1) is 7.11 Å². The number of anilines is 1. The van der Waals surface area contributed by atoms with Gasteiger partial charge in [-0.1, -0.05) is 76.6 Å². The Morgan fingerprint density at radius 2 is 1.67 bits per heavy atom. The Kier molecular flexibility index (Phi) is 4.88. The molecule has 3 aromatic rings. The third kappa shape index (κ3) is 2.88. The van der Waals surface area contributed by atoms with Crippen LogP contribution in [-0.4, -0.2) is 25.7 Å². The van der Waals surface area contributed by atoms with Crippen LogP contribution in [0.4, 0.5) is 5.69 Å². The molecule has 0 aromatic heterocycles. The fourth-order valence-electron chi connectivity index (χ4n) is 5.35. The third-order valence-electron chi connectivity index (χ3n) is 6.57. The van der Waals surface area contributed by atoms with Crippen LogP contribution in [0.3, 0.4) is 0 Å². The molecule has 1 fully saturated rings. The highest BCUT2D eigenvalue weighted by molar-refractivity contribution is 9.10. The highest BCUT2D eigenvalue weighted by atomic mass is 79.9. The maximum atomic E-state index is 13.0. The van der Waals surface area contributed by atoms with E-state index in [2.05, 4.69) is 87.2 Å². The van der Waals surface area contributed by atoms with Crippen LogP contribution in [0.15, 0.2) is 83.3 Å². The van der Waals surface area contributed by atoms with Crippen molar-refractivity contribution in [1.29, 1.82) is 0 Å². The first-order chi connectivity index (χ1) is 14.6. The summed E-state index contributed by atoms with van der Waals surface area (Å²) in [7, 11) is 1.46. The van der Waals surface area contributed by atoms with Crippen molar-refractivity contribution in [2.45, 2.75) is 23.4 Å². The fraction of sp³-hybridized carbons (Fsp3) is 0.240. The molecule has 0 unspecified atom stereocenters. The molecule has 0 aliphatic carbocycles. The molecule has 2 heterocycles. The second-order valence-electron chi connectivity index (χ2n) is 7.98. The summed E-state index contributed by atoms with van der Waals surface area (Å²) in [4.78, 5) is 13.0. The summed E-state index contributed by atoms with van der Waals surface area (Å²) in [5, 5.41) is 7.29. The van der Waals surface area contributed by atoms with Crippen molar-refractivity contribution in [2.75, 3.05) is 19.0 Å².